The molecular formula is C17H34N2. The smallest absolute Gasteiger partial charge is 0.00513 e. The first-order chi connectivity index (χ1) is 9.07. The van der Waals surface area contributed by atoms with Gasteiger partial charge in [-0.15, -0.1) is 0 Å². The predicted octanol–water partition coefficient (Wildman–Crippen LogP) is 3.48. The molecule has 0 radical (unpaired) electrons. The molecule has 2 fully saturated rings. The molecule has 0 aliphatic carbocycles. The highest BCUT2D eigenvalue weighted by Crippen LogP contribution is 2.39. The van der Waals surface area contributed by atoms with Gasteiger partial charge in [0.25, 0.3) is 0 Å². The highest BCUT2D eigenvalue weighted by Gasteiger charge is 2.42. The zero-order chi connectivity index (χ0) is 13.9. The fourth-order valence-corrected chi connectivity index (χ4v) is 4.15. The SMILES string of the molecule is CCC(C)CC(CC)CN1CCC2(CCN(C)C2)C1. The van der Waals surface area contributed by atoms with E-state index < -0.39 is 0 Å². The van der Waals surface area contributed by atoms with Crippen LogP contribution in [0.15, 0.2) is 0 Å². The first-order valence-electron chi connectivity index (χ1n) is 8.48. The van der Waals surface area contributed by atoms with Crippen molar-refractivity contribution in [2.24, 2.45) is 17.3 Å². The fraction of sp³-hybridized carbons (Fsp3) is 1.00. The van der Waals surface area contributed by atoms with Crippen molar-refractivity contribution in [2.45, 2.75) is 52.9 Å². The standard InChI is InChI=1S/C17H34N2/c1-5-15(3)11-16(6-2)12-19-10-8-17(14-19)7-9-18(4)13-17/h15-16H,5-14H2,1-4H3. The van der Waals surface area contributed by atoms with Crippen molar-refractivity contribution in [3.8, 4) is 0 Å². The van der Waals surface area contributed by atoms with Gasteiger partial charge in [0.2, 0.25) is 0 Å². The Morgan fingerprint density at radius 3 is 2.37 bits per heavy atom. The highest BCUT2D eigenvalue weighted by atomic mass is 15.2. The van der Waals surface area contributed by atoms with Crippen molar-refractivity contribution in [2.75, 3.05) is 39.8 Å². The van der Waals surface area contributed by atoms with Crippen LogP contribution >= 0.6 is 0 Å². The molecule has 2 nitrogen and oxygen atoms in total. The Morgan fingerprint density at radius 1 is 1.05 bits per heavy atom. The molecule has 19 heavy (non-hydrogen) atoms. The Kier molecular flexibility index (Phi) is 5.30. The quantitative estimate of drug-likeness (QED) is 0.726. The van der Waals surface area contributed by atoms with E-state index in [-0.39, 0.29) is 0 Å². The number of likely N-dealkylation sites (tertiary alicyclic amines) is 2. The third kappa shape index (κ3) is 3.95. The van der Waals surface area contributed by atoms with Crippen molar-refractivity contribution in [1.29, 1.82) is 0 Å². The van der Waals surface area contributed by atoms with E-state index in [0.29, 0.717) is 5.41 Å². The zero-order valence-electron chi connectivity index (χ0n) is 13.6. The average molecular weight is 266 g/mol. The van der Waals surface area contributed by atoms with Crippen LogP contribution in [0.25, 0.3) is 0 Å². The van der Waals surface area contributed by atoms with Gasteiger partial charge in [0, 0.05) is 19.6 Å². The largest absolute Gasteiger partial charge is 0.306 e. The maximum Gasteiger partial charge on any atom is 0.00513 e. The van der Waals surface area contributed by atoms with Crippen molar-refractivity contribution < 1.29 is 0 Å². The third-order valence-corrected chi connectivity index (χ3v) is 5.67. The predicted molar refractivity (Wildman–Crippen MR) is 83.5 cm³/mol. The molecule has 0 aromatic heterocycles. The average Bonchev–Trinajstić information content (AvgIpc) is 2.95. The van der Waals surface area contributed by atoms with Crippen LogP contribution in [0.4, 0.5) is 0 Å². The lowest BCUT2D eigenvalue weighted by Crippen LogP contribution is -2.32. The van der Waals surface area contributed by atoms with E-state index in [4.69, 9.17) is 0 Å². The molecule has 2 aliphatic heterocycles. The van der Waals surface area contributed by atoms with Crippen molar-refractivity contribution >= 4 is 0 Å². The minimum absolute atomic E-state index is 0.656. The van der Waals surface area contributed by atoms with E-state index in [1.807, 2.05) is 0 Å². The second-order valence-corrected chi connectivity index (χ2v) is 7.50. The first kappa shape index (κ1) is 15.3. The van der Waals surface area contributed by atoms with Crippen LogP contribution in [0.3, 0.4) is 0 Å². The summed E-state index contributed by atoms with van der Waals surface area (Å²) in [6.45, 7) is 13.9. The molecule has 1 spiro atoms. The molecule has 3 atom stereocenters. The van der Waals surface area contributed by atoms with Crippen molar-refractivity contribution in [3.63, 3.8) is 0 Å². The van der Waals surface area contributed by atoms with Crippen molar-refractivity contribution in [1.82, 2.24) is 9.80 Å². The second-order valence-electron chi connectivity index (χ2n) is 7.50. The minimum Gasteiger partial charge on any atom is -0.306 e. The molecule has 0 N–H and O–H groups in total. The molecule has 2 rings (SSSR count). The Bertz CT molecular complexity index is 278. The van der Waals surface area contributed by atoms with Gasteiger partial charge < -0.3 is 9.80 Å². The summed E-state index contributed by atoms with van der Waals surface area (Å²) in [7, 11) is 2.29. The van der Waals surface area contributed by atoms with Crippen LogP contribution in [0, 0.1) is 17.3 Å². The van der Waals surface area contributed by atoms with Gasteiger partial charge in [-0.3, -0.25) is 0 Å². The molecule has 0 aromatic carbocycles. The van der Waals surface area contributed by atoms with Gasteiger partial charge in [-0.25, -0.2) is 0 Å². The van der Waals surface area contributed by atoms with Gasteiger partial charge >= 0.3 is 0 Å². The van der Waals surface area contributed by atoms with Crippen LogP contribution in [0.1, 0.15) is 52.9 Å². The van der Waals surface area contributed by atoms with Gasteiger partial charge in [0.1, 0.15) is 0 Å². The molecule has 2 aliphatic rings. The first-order valence-corrected chi connectivity index (χ1v) is 8.48. The number of hydrogen-bond donors (Lipinski definition) is 0. The summed E-state index contributed by atoms with van der Waals surface area (Å²) >= 11 is 0. The summed E-state index contributed by atoms with van der Waals surface area (Å²) in [5.74, 6) is 1.82. The molecule has 0 bridgehead atoms. The second kappa shape index (κ2) is 6.58. The minimum atomic E-state index is 0.656. The molecule has 0 amide bonds. The highest BCUT2D eigenvalue weighted by molar-refractivity contribution is 4.96. The topological polar surface area (TPSA) is 6.48 Å². The normalized spacial score (nSPS) is 32.2. The Hall–Kier alpha value is -0.0800. The summed E-state index contributed by atoms with van der Waals surface area (Å²) < 4.78 is 0. The number of nitrogens with zero attached hydrogens (tertiary/aromatic N) is 2. The van der Waals surface area contributed by atoms with E-state index >= 15 is 0 Å². The molecular weight excluding hydrogens is 232 g/mol. The molecule has 2 saturated heterocycles. The monoisotopic (exact) mass is 266 g/mol. The maximum atomic E-state index is 2.77. The third-order valence-electron chi connectivity index (χ3n) is 5.67. The Morgan fingerprint density at radius 2 is 1.79 bits per heavy atom. The molecule has 2 heteroatoms. The molecule has 0 saturated carbocycles. The van der Waals surface area contributed by atoms with Gasteiger partial charge in [-0.1, -0.05) is 33.6 Å². The molecule has 2 heterocycles. The fourth-order valence-electron chi connectivity index (χ4n) is 4.15. The Labute approximate surface area is 120 Å². The zero-order valence-corrected chi connectivity index (χ0v) is 13.6. The molecule has 3 unspecified atom stereocenters. The Balaban J connectivity index is 1.80. The lowest BCUT2D eigenvalue weighted by atomic mass is 9.86. The maximum absolute atomic E-state index is 2.77. The molecule has 112 valence electrons. The number of rotatable bonds is 6. The van der Waals surface area contributed by atoms with E-state index in [0.717, 1.165) is 11.8 Å². The molecule has 0 aromatic rings. The van der Waals surface area contributed by atoms with Crippen LogP contribution < -0.4 is 0 Å². The van der Waals surface area contributed by atoms with Gasteiger partial charge in [0.05, 0.1) is 0 Å². The number of hydrogen-bond acceptors (Lipinski definition) is 2. The van der Waals surface area contributed by atoms with Crippen LogP contribution in [-0.4, -0.2) is 49.6 Å². The summed E-state index contributed by atoms with van der Waals surface area (Å²) in [6, 6.07) is 0. The summed E-state index contributed by atoms with van der Waals surface area (Å²) in [5, 5.41) is 0. The van der Waals surface area contributed by atoms with Gasteiger partial charge in [0.15, 0.2) is 0 Å². The van der Waals surface area contributed by atoms with E-state index in [1.54, 1.807) is 0 Å². The summed E-state index contributed by atoms with van der Waals surface area (Å²) in [6.07, 6.45) is 6.99. The van der Waals surface area contributed by atoms with Crippen molar-refractivity contribution in [3.05, 3.63) is 0 Å². The lowest BCUT2D eigenvalue weighted by Gasteiger charge is -2.27. The summed E-state index contributed by atoms with van der Waals surface area (Å²) in [5.41, 5.74) is 0.656. The van der Waals surface area contributed by atoms with E-state index in [1.165, 1.54) is 64.8 Å². The van der Waals surface area contributed by atoms with E-state index in [9.17, 15) is 0 Å². The van der Waals surface area contributed by atoms with Gasteiger partial charge in [-0.05, 0) is 56.7 Å². The van der Waals surface area contributed by atoms with Crippen LogP contribution in [-0.2, 0) is 0 Å². The van der Waals surface area contributed by atoms with Crippen LogP contribution in [0.5, 0.6) is 0 Å². The van der Waals surface area contributed by atoms with Gasteiger partial charge in [-0.2, -0.15) is 0 Å². The van der Waals surface area contributed by atoms with Crippen LogP contribution in [0.2, 0.25) is 0 Å². The summed E-state index contributed by atoms with van der Waals surface area (Å²) in [4.78, 5) is 5.30. The lowest BCUT2D eigenvalue weighted by molar-refractivity contribution is 0.211. The van der Waals surface area contributed by atoms with E-state index in [2.05, 4.69) is 37.6 Å².